The van der Waals surface area contributed by atoms with Gasteiger partial charge in [-0.05, 0) is 41.0 Å². The molecule has 0 fully saturated rings. The topological polar surface area (TPSA) is 69.7 Å². The van der Waals surface area contributed by atoms with E-state index in [4.69, 9.17) is 13.6 Å². The van der Waals surface area contributed by atoms with Crippen LogP contribution in [0.15, 0.2) is 117 Å². The normalized spacial score (nSPS) is 10.8. The number of ether oxygens (including phenoxy) is 1. The largest absolute Gasteiger partial charge is 0.481 e. The highest BCUT2D eigenvalue weighted by Crippen LogP contribution is 2.26. The highest BCUT2D eigenvalue weighted by Gasteiger charge is 2.26. The van der Waals surface area contributed by atoms with E-state index in [9.17, 15) is 14.0 Å². The SMILES string of the molecule is O=C(c1ccc(Cc2ccc(F)cc2)o1)c1occ(-c2ccccc2)c(=O)c1OCc1ccccc1. The van der Waals surface area contributed by atoms with E-state index in [-0.39, 0.29) is 35.3 Å². The standard InChI is InChI=1S/C30H21FO5/c31-23-13-11-20(12-14-23)17-24-15-16-26(36-24)28(33)30-29(34-18-21-7-3-1-4-8-21)27(32)25(19-35-30)22-9-5-2-6-10-22/h1-16,19H,17-18H2. The van der Waals surface area contributed by atoms with Crippen LogP contribution in [0.25, 0.3) is 11.1 Å². The van der Waals surface area contributed by atoms with E-state index in [0.717, 1.165) is 11.1 Å². The summed E-state index contributed by atoms with van der Waals surface area (Å²) in [6.45, 7) is 0.0814. The molecule has 3 aromatic carbocycles. The minimum atomic E-state index is -0.611. The molecule has 0 spiro atoms. The number of benzene rings is 3. The van der Waals surface area contributed by atoms with E-state index in [0.29, 0.717) is 17.7 Å². The number of carbonyl (C=O) groups excluding carboxylic acids is 1. The van der Waals surface area contributed by atoms with E-state index in [1.54, 1.807) is 30.3 Å². The number of furan rings is 1. The van der Waals surface area contributed by atoms with Crippen LogP contribution < -0.4 is 10.2 Å². The lowest BCUT2D eigenvalue weighted by molar-refractivity contribution is 0.0971. The van der Waals surface area contributed by atoms with Crippen LogP contribution in [-0.4, -0.2) is 5.78 Å². The lowest BCUT2D eigenvalue weighted by atomic mass is 10.1. The first-order valence-corrected chi connectivity index (χ1v) is 11.3. The van der Waals surface area contributed by atoms with Gasteiger partial charge in [0.2, 0.25) is 16.9 Å². The van der Waals surface area contributed by atoms with Gasteiger partial charge in [0.1, 0.15) is 24.4 Å². The summed E-state index contributed by atoms with van der Waals surface area (Å²) in [6, 6.07) is 27.6. The van der Waals surface area contributed by atoms with Crippen molar-refractivity contribution in [3.05, 3.63) is 148 Å². The predicted molar refractivity (Wildman–Crippen MR) is 133 cm³/mol. The molecule has 0 saturated carbocycles. The van der Waals surface area contributed by atoms with Crippen molar-refractivity contribution in [3.8, 4) is 16.9 Å². The molecule has 2 aromatic heterocycles. The van der Waals surface area contributed by atoms with Gasteiger partial charge in [-0.1, -0.05) is 72.8 Å². The number of ketones is 1. The van der Waals surface area contributed by atoms with Crippen molar-refractivity contribution in [2.45, 2.75) is 13.0 Å². The summed E-state index contributed by atoms with van der Waals surface area (Å²) in [6.07, 6.45) is 1.64. The molecule has 36 heavy (non-hydrogen) atoms. The molecule has 5 rings (SSSR count). The smallest absolute Gasteiger partial charge is 0.267 e. The fourth-order valence-electron chi connectivity index (χ4n) is 3.79. The first-order valence-electron chi connectivity index (χ1n) is 11.3. The summed E-state index contributed by atoms with van der Waals surface area (Å²) in [5, 5.41) is 0. The van der Waals surface area contributed by atoms with Gasteiger partial charge < -0.3 is 13.6 Å². The van der Waals surface area contributed by atoms with Crippen LogP contribution in [0, 0.1) is 5.82 Å². The fourth-order valence-corrected chi connectivity index (χ4v) is 3.79. The Labute approximate surface area is 206 Å². The molecule has 0 unspecified atom stereocenters. The number of hydrogen-bond donors (Lipinski definition) is 0. The predicted octanol–water partition coefficient (Wildman–Crippen LogP) is 6.44. The summed E-state index contributed by atoms with van der Waals surface area (Å²) in [7, 11) is 0. The molecular weight excluding hydrogens is 459 g/mol. The van der Waals surface area contributed by atoms with Crippen molar-refractivity contribution in [3.63, 3.8) is 0 Å². The van der Waals surface area contributed by atoms with E-state index in [1.807, 2.05) is 48.5 Å². The molecule has 0 saturated heterocycles. The van der Waals surface area contributed by atoms with Crippen LogP contribution in [-0.2, 0) is 13.0 Å². The Morgan fingerprint density at radius 3 is 2.22 bits per heavy atom. The third-order valence-electron chi connectivity index (χ3n) is 5.65. The van der Waals surface area contributed by atoms with Gasteiger partial charge >= 0.3 is 0 Å². The van der Waals surface area contributed by atoms with E-state index < -0.39 is 11.2 Å². The summed E-state index contributed by atoms with van der Waals surface area (Å²) in [5.74, 6) is -0.835. The van der Waals surface area contributed by atoms with Crippen LogP contribution >= 0.6 is 0 Å². The van der Waals surface area contributed by atoms with Crippen LogP contribution in [0.4, 0.5) is 4.39 Å². The van der Waals surface area contributed by atoms with Crippen LogP contribution in [0.5, 0.6) is 5.75 Å². The van der Waals surface area contributed by atoms with Gasteiger partial charge in [0, 0.05) is 6.42 Å². The number of rotatable bonds is 8. The highest BCUT2D eigenvalue weighted by molar-refractivity contribution is 6.07. The summed E-state index contributed by atoms with van der Waals surface area (Å²) >= 11 is 0. The van der Waals surface area contributed by atoms with E-state index in [1.165, 1.54) is 24.5 Å². The number of carbonyl (C=O) groups is 1. The average Bonchev–Trinajstić information content (AvgIpc) is 3.38. The third kappa shape index (κ3) is 5.03. The molecule has 0 radical (unpaired) electrons. The fraction of sp³-hybridized carbons (Fsp3) is 0.0667. The molecule has 178 valence electrons. The number of hydrogen-bond acceptors (Lipinski definition) is 5. The molecule has 0 aliphatic heterocycles. The summed E-state index contributed by atoms with van der Waals surface area (Å²) < 4.78 is 30.5. The van der Waals surface area contributed by atoms with E-state index >= 15 is 0 Å². The monoisotopic (exact) mass is 480 g/mol. The number of halogens is 1. The molecule has 0 bridgehead atoms. The van der Waals surface area contributed by atoms with Crippen molar-refractivity contribution in [2.75, 3.05) is 0 Å². The Hall–Kier alpha value is -4.71. The van der Waals surface area contributed by atoms with Gasteiger partial charge in [0.25, 0.3) is 5.78 Å². The second kappa shape index (κ2) is 10.3. The zero-order valence-corrected chi connectivity index (χ0v) is 19.1. The molecule has 0 atom stereocenters. The van der Waals surface area contributed by atoms with E-state index in [2.05, 4.69) is 0 Å². The minimum Gasteiger partial charge on any atom is -0.481 e. The first kappa shape index (κ1) is 23.1. The van der Waals surface area contributed by atoms with Gasteiger partial charge in [-0.15, -0.1) is 0 Å². The van der Waals surface area contributed by atoms with Crippen molar-refractivity contribution in [2.24, 2.45) is 0 Å². The Morgan fingerprint density at radius 1 is 0.806 bits per heavy atom. The van der Waals surface area contributed by atoms with Crippen LogP contribution in [0.2, 0.25) is 0 Å². The maximum atomic E-state index is 13.4. The van der Waals surface area contributed by atoms with Crippen LogP contribution in [0.1, 0.15) is 33.2 Å². The van der Waals surface area contributed by atoms with Crippen molar-refractivity contribution in [1.82, 2.24) is 0 Å². The zero-order valence-electron chi connectivity index (χ0n) is 19.1. The van der Waals surface area contributed by atoms with Gasteiger partial charge in [-0.25, -0.2) is 4.39 Å². The second-order valence-corrected chi connectivity index (χ2v) is 8.18. The second-order valence-electron chi connectivity index (χ2n) is 8.18. The Balaban J connectivity index is 1.47. The quantitative estimate of drug-likeness (QED) is 0.239. The first-order chi connectivity index (χ1) is 17.6. The molecular formula is C30H21FO5. The lowest BCUT2D eigenvalue weighted by Crippen LogP contribution is -2.16. The third-order valence-corrected chi connectivity index (χ3v) is 5.65. The Bertz CT molecular complexity index is 1530. The molecule has 0 aliphatic carbocycles. The molecule has 2 heterocycles. The van der Waals surface area contributed by atoms with Crippen molar-refractivity contribution < 1.29 is 22.8 Å². The molecule has 6 heteroatoms. The van der Waals surface area contributed by atoms with Crippen molar-refractivity contribution >= 4 is 5.78 Å². The molecule has 0 aliphatic rings. The molecule has 5 nitrogen and oxygen atoms in total. The maximum Gasteiger partial charge on any atom is 0.267 e. The zero-order chi connectivity index (χ0) is 24.9. The van der Waals surface area contributed by atoms with Gasteiger partial charge in [-0.3, -0.25) is 9.59 Å². The summed E-state index contributed by atoms with van der Waals surface area (Å²) in [5.41, 5.74) is 2.14. The molecule has 0 amide bonds. The van der Waals surface area contributed by atoms with Crippen molar-refractivity contribution in [1.29, 1.82) is 0 Å². The molecule has 5 aromatic rings. The maximum absolute atomic E-state index is 13.4. The molecule has 0 N–H and O–H groups in total. The van der Waals surface area contributed by atoms with Crippen LogP contribution in [0.3, 0.4) is 0 Å². The minimum absolute atomic E-state index is 0.00674. The Morgan fingerprint density at radius 2 is 1.50 bits per heavy atom. The average molecular weight is 480 g/mol. The lowest BCUT2D eigenvalue weighted by Gasteiger charge is -2.11. The van der Waals surface area contributed by atoms with Gasteiger partial charge in [-0.2, -0.15) is 0 Å². The van der Waals surface area contributed by atoms with Gasteiger partial charge in [0.15, 0.2) is 5.76 Å². The highest BCUT2D eigenvalue weighted by atomic mass is 19.1. The van der Waals surface area contributed by atoms with Gasteiger partial charge in [0.05, 0.1) is 5.56 Å². The Kier molecular flexibility index (Phi) is 6.58. The summed E-state index contributed by atoms with van der Waals surface area (Å²) in [4.78, 5) is 26.8.